The molecule has 0 saturated carbocycles. The number of aromatic amines is 1. The van der Waals surface area contributed by atoms with Crippen molar-refractivity contribution in [2.75, 3.05) is 17.2 Å². The lowest BCUT2D eigenvalue weighted by Gasteiger charge is -2.21. The van der Waals surface area contributed by atoms with E-state index >= 15 is 0 Å². The number of carbonyl (C=O) groups is 2. The summed E-state index contributed by atoms with van der Waals surface area (Å²) in [6.45, 7) is 3.91. The van der Waals surface area contributed by atoms with Crippen molar-refractivity contribution in [3.05, 3.63) is 77.1 Å². The average molecular weight is 474 g/mol. The van der Waals surface area contributed by atoms with Crippen LogP contribution < -0.4 is 20.7 Å². The molecule has 0 bridgehead atoms. The van der Waals surface area contributed by atoms with Crippen LogP contribution in [0.15, 0.2) is 48.9 Å². The third-order valence-electron chi connectivity index (χ3n) is 5.86. The maximum Gasteiger partial charge on any atom is 0.272 e. The molecule has 178 valence electrons. The standard InChI is InChI=1S/C25H23FN6O3/c1-13-7-15(3-5-17(13)26)9-28-25(34)24-23-22(29-12-30-24)19(10-27-23)31-14(2)16-4-6-20-18(8-16)32-21(33)11-35-20/h3-8,10,12,14,27,31H,9,11H2,1-2H3,(H,28,34)(H,32,33). The van der Waals surface area contributed by atoms with Gasteiger partial charge in [-0.25, -0.2) is 14.4 Å². The SMILES string of the molecule is Cc1cc(CNC(=O)c2ncnc3c(NC(C)c4ccc5c(c4)NC(=O)CO5)c[nH]c23)ccc1F. The third-order valence-corrected chi connectivity index (χ3v) is 5.86. The Morgan fingerprint density at radius 3 is 2.91 bits per heavy atom. The van der Waals surface area contributed by atoms with E-state index in [0.29, 0.717) is 33.7 Å². The van der Waals surface area contributed by atoms with E-state index in [0.717, 1.165) is 11.1 Å². The topological polar surface area (TPSA) is 121 Å². The van der Waals surface area contributed by atoms with Crippen molar-refractivity contribution in [3.8, 4) is 5.75 Å². The molecule has 0 aliphatic carbocycles. The molecule has 2 aromatic heterocycles. The van der Waals surface area contributed by atoms with Crippen molar-refractivity contribution in [2.45, 2.75) is 26.4 Å². The Morgan fingerprint density at radius 1 is 1.23 bits per heavy atom. The summed E-state index contributed by atoms with van der Waals surface area (Å²) in [5, 5.41) is 9.03. The summed E-state index contributed by atoms with van der Waals surface area (Å²) in [6.07, 6.45) is 3.08. The second-order valence-corrected chi connectivity index (χ2v) is 8.37. The highest BCUT2D eigenvalue weighted by atomic mass is 19.1. The third kappa shape index (κ3) is 4.50. The Morgan fingerprint density at radius 2 is 2.09 bits per heavy atom. The number of ether oxygens (including phenoxy) is 1. The number of nitrogens with zero attached hydrogens (tertiary/aromatic N) is 2. The fourth-order valence-corrected chi connectivity index (χ4v) is 3.99. The number of nitrogens with one attached hydrogen (secondary N) is 4. The van der Waals surface area contributed by atoms with Crippen LogP contribution in [0.5, 0.6) is 5.75 Å². The van der Waals surface area contributed by atoms with Crippen LogP contribution in [-0.4, -0.2) is 33.4 Å². The number of rotatable bonds is 6. The van der Waals surface area contributed by atoms with Crippen LogP contribution in [0.4, 0.5) is 15.8 Å². The maximum absolute atomic E-state index is 13.5. The predicted octanol–water partition coefficient (Wildman–Crippen LogP) is 3.84. The number of hydrogen-bond donors (Lipinski definition) is 4. The van der Waals surface area contributed by atoms with Gasteiger partial charge in [0, 0.05) is 18.8 Å². The van der Waals surface area contributed by atoms with Crippen molar-refractivity contribution >= 4 is 34.2 Å². The van der Waals surface area contributed by atoms with Crippen LogP contribution in [-0.2, 0) is 11.3 Å². The van der Waals surface area contributed by atoms with Crippen molar-refractivity contribution in [2.24, 2.45) is 0 Å². The van der Waals surface area contributed by atoms with Crippen LogP contribution in [0.1, 0.15) is 40.1 Å². The molecule has 0 fully saturated rings. The van der Waals surface area contributed by atoms with E-state index in [1.54, 1.807) is 25.3 Å². The fourth-order valence-electron chi connectivity index (χ4n) is 3.99. The first kappa shape index (κ1) is 22.3. The quantitative estimate of drug-likeness (QED) is 0.337. The van der Waals surface area contributed by atoms with Crippen LogP contribution in [0.25, 0.3) is 11.0 Å². The van der Waals surface area contributed by atoms with Crippen LogP contribution in [0.3, 0.4) is 0 Å². The summed E-state index contributed by atoms with van der Waals surface area (Å²) in [7, 11) is 0. The maximum atomic E-state index is 13.5. The van der Waals surface area contributed by atoms with Crippen LogP contribution >= 0.6 is 0 Å². The Hall–Kier alpha value is -4.47. The number of aryl methyl sites for hydroxylation is 1. The van der Waals surface area contributed by atoms with Crippen molar-refractivity contribution in [3.63, 3.8) is 0 Å². The molecule has 1 atom stereocenters. The summed E-state index contributed by atoms with van der Waals surface area (Å²) in [6, 6.07) is 10.2. The van der Waals surface area contributed by atoms with Gasteiger partial charge in [-0.3, -0.25) is 9.59 Å². The van der Waals surface area contributed by atoms with E-state index < -0.39 is 0 Å². The second kappa shape index (κ2) is 9.05. The molecule has 0 saturated heterocycles. The number of hydrogen-bond acceptors (Lipinski definition) is 6. The summed E-state index contributed by atoms with van der Waals surface area (Å²) in [4.78, 5) is 36.1. The number of H-pyrrole nitrogens is 1. The van der Waals surface area contributed by atoms with Gasteiger partial charge in [0.2, 0.25) is 0 Å². The van der Waals surface area contributed by atoms with Crippen molar-refractivity contribution in [1.82, 2.24) is 20.3 Å². The van der Waals surface area contributed by atoms with Gasteiger partial charge in [-0.15, -0.1) is 0 Å². The first-order valence-electron chi connectivity index (χ1n) is 11.1. The zero-order valence-electron chi connectivity index (χ0n) is 19.1. The molecule has 4 N–H and O–H groups in total. The van der Waals surface area contributed by atoms with E-state index in [1.165, 1.54) is 12.4 Å². The van der Waals surface area contributed by atoms with Gasteiger partial charge < -0.3 is 25.7 Å². The van der Waals surface area contributed by atoms with E-state index in [-0.39, 0.29) is 42.5 Å². The molecule has 3 heterocycles. The minimum atomic E-state index is -0.369. The van der Waals surface area contributed by atoms with E-state index in [2.05, 4.69) is 30.9 Å². The van der Waals surface area contributed by atoms with Gasteiger partial charge in [-0.1, -0.05) is 18.2 Å². The number of fused-ring (bicyclic) bond motifs is 2. The van der Waals surface area contributed by atoms with Crippen LogP contribution in [0.2, 0.25) is 0 Å². The van der Waals surface area contributed by atoms with Gasteiger partial charge in [-0.05, 0) is 48.7 Å². The first-order valence-corrected chi connectivity index (χ1v) is 11.1. The summed E-state index contributed by atoms with van der Waals surface area (Å²) in [5.41, 5.74) is 4.86. The Balaban J connectivity index is 1.33. The van der Waals surface area contributed by atoms with Gasteiger partial charge in [0.1, 0.15) is 23.4 Å². The van der Waals surface area contributed by atoms with E-state index in [4.69, 9.17) is 4.74 Å². The van der Waals surface area contributed by atoms with Gasteiger partial charge in [-0.2, -0.15) is 0 Å². The minimum Gasteiger partial charge on any atom is -0.482 e. The lowest BCUT2D eigenvalue weighted by atomic mass is 10.1. The number of amides is 2. The van der Waals surface area contributed by atoms with E-state index in [9.17, 15) is 14.0 Å². The number of anilines is 2. The van der Waals surface area contributed by atoms with Gasteiger partial charge >= 0.3 is 0 Å². The van der Waals surface area contributed by atoms with E-state index in [1.807, 2.05) is 25.1 Å². The molecule has 10 heteroatoms. The lowest BCUT2D eigenvalue weighted by molar-refractivity contribution is -0.118. The Labute approximate surface area is 200 Å². The number of benzene rings is 2. The molecular weight excluding hydrogens is 451 g/mol. The molecule has 2 aromatic carbocycles. The number of halogens is 1. The molecule has 4 aromatic rings. The Bertz CT molecular complexity index is 1450. The van der Waals surface area contributed by atoms with Crippen LogP contribution in [0, 0.1) is 12.7 Å². The molecule has 2 amide bonds. The molecule has 35 heavy (non-hydrogen) atoms. The highest BCUT2D eigenvalue weighted by molar-refractivity contribution is 6.05. The first-order chi connectivity index (χ1) is 16.9. The molecule has 5 rings (SSSR count). The summed E-state index contributed by atoms with van der Waals surface area (Å²) < 4.78 is 18.9. The molecule has 1 aliphatic heterocycles. The van der Waals surface area contributed by atoms with Gasteiger partial charge in [0.05, 0.1) is 16.9 Å². The van der Waals surface area contributed by atoms with Gasteiger partial charge in [0.15, 0.2) is 12.3 Å². The zero-order valence-corrected chi connectivity index (χ0v) is 19.1. The molecule has 0 spiro atoms. The summed E-state index contributed by atoms with van der Waals surface area (Å²) in [5.74, 6) is -0.214. The molecule has 0 radical (unpaired) electrons. The van der Waals surface area contributed by atoms with Crippen molar-refractivity contribution < 1.29 is 18.7 Å². The average Bonchev–Trinajstić information content (AvgIpc) is 3.26. The molecular formula is C25H23FN6O3. The molecule has 1 unspecified atom stereocenters. The minimum absolute atomic E-state index is 0.00858. The Kier molecular flexibility index (Phi) is 5.77. The summed E-state index contributed by atoms with van der Waals surface area (Å²) >= 11 is 0. The number of aromatic nitrogens is 3. The largest absolute Gasteiger partial charge is 0.482 e. The monoisotopic (exact) mass is 474 g/mol. The smallest absolute Gasteiger partial charge is 0.272 e. The van der Waals surface area contributed by atoms with Gasteiger partial charge in [0.25, 0.3) is 11.8 Å². The lowest BCUT2D eigenvalue weighted by Crippen LogP contribution is -2.25. The zero-order chi connectivity index (χ0) is 24.5. The van der Waals surface area contributed by atoms with Crippen molar-refractivity contribution in [1.29, 1.82) is 0 Å². The fraction of sp³-hybridized carbons (Fsp3) is 0.200. The number of carbonyl (C=O) groups excluding carboxylic acids is 2. The normalized spacial score (nSPS) is 13.5. The highest BCUT2D eigenvalue weighted by Gasteiger charge is 2.20. The highest BCUT2D eigenvalue weighted by Crippen LogP contribution is 2.32. The second-order valence-electron chi connectivity index (χ2n) is 8.37. The molecule has 9 nitrogen and oxygen atoms in total. The molecule has 1 aliphatic rings. The predicted molar refractivity (Wildman–Crippen MR) is 129 cm³/mol.